The van der Waals surface area contributed by atoms with Crippen LogP contribution in [0.15, 0.2) is 12.1 Å². The molecule has 0 atom stereocenters. The number of benzene rings is 1. The molecule has 1 aromatic carbocycles. The number of aromatic carboxylic acids is 1. The topological polar surface area (TPSA) is 66.4 Å². The normalized spacial score (nSPS) is 11.4. The van der Waals surface area contributed by atoms with Crippen LogP contribution in [-0.2, 0) is 4.79 Å². The molecule has 2 N–H and O–H groups in total. The summed E-state index contributed by atoms with van der Waals surface area (Å²) in [5, 5.41) is 10.7. The molecular weight excluding hydrogens is 370 g/mol. The first-order valence-electron chi connectivity index (χ1n) is 6.30. The van der Waals surface area contributed by atoms with Crippen LogP contribution in [0.4, 0.5) is 40.8 Å². The molecule has 0 spiro atoms. The number of aldehydes is 1. The van der Waals surface area contributed by atoms with Gasteiger partial charge in [0, 0.05) is 12.6 Å². The lowest BCUT2D eigenvalue weighted by Gasteiger charge is -2.12. The SMILES string of the molecule is O=C(O)c1cc(F)cc(F)c1NCCC(F)(F)F.O=CCC(F)(F)F. The number of hydrogen-bond donors (Lipinski definition) is 2. The van der Waals surface area contributed by atoms with Gasteiger partial charge in [0.15, 0.2) is 0 Å². The molecule has 0 heterocycles. The largest absolute Gasteiger partial charge is 0.478 e. The summed E-state index contributed by atoms with van der Waals surface area (Å²) in [5.74, 6) is -4.01. The Bertz CT molecular complexity index is 598. The van der Waals surface area contributed by atoms with Crippen molar-refractivity contribution in [2.45, 2.75) is 25.2 Å². The van der Waals surface area contributed by atoms with E-state index in [0.717, 1.165) is 0 Å². The summed E-state index contributed by atoms with van der Waals surface area (Å²) in [6.07, 6.45) is -11.5. The summed E-state index contributed by atoms with van der Waals surface area (Å²) < 4.78 is 94.1. The van der Waals surface area contributed by atoms with Gasteiger partial charge in [-0.2, -0.15) is 26.3 Å². The molecule has 0 unspecified atom stereocenters. The number of carbonyl (C=O) groups excluding carboxylic acids is 1. The number of halogens is 8. The molecule has 0 aliphatic rings. The minimum Gasteiger partial charge on any atom is -0.478 e. The van der Waals surface area contributed by atoms with Gasteiger partial charge in [0.05, 0.1) is 24.1 Å². The highest BCUT2D eigenvalue weighted by Crippen LogP contribution is 2.24. The molecule has 12 heteroatoms. The maximum Gasteiger partial charge on any atom is 0.395 e. The van der Waals surface area contributed by atoms with E-state index in [1.165, 1.54) is 0 Å². The smallest absolute Gasteiger partial charge is 0.395 e. The van der Waals surface area contributed by atoms with Gasteiger partial charge in [0.25, 0.3) is 0 Å². The van der Waals surface area contributed by atoms with Crippen LogP contribution < -0.4 is 5.32 Å². The molecule has 25 heavy (non-hydrogen) atoms. The Morgan fingerprint density at radius 2 is 1.64 bits per heavy atom. The van der Waals surface area contributed by atoms with Gasteiger partial charge in [0.1, 0.15) is 17.9 Å². The molecule has 0 aliphatic carbocycles. The first kappa shape index (κ1) is 22.6. The van der Waals surface area contributed by atoms with E-state index in [2.05, 4.69) is 0 Å². The maximum atomic E-state index is 13.2. The highest BCUT2D eigenvalue weighted by molar-refractivity contribution is 5.94. The molecule has 0 radical (unpaired) electrons. The third-order valence-corrected chi connectivity index (χ3v) is 2.31. The van der Waals surface area contributed by atoms with E-state index in [1.807, 2.05) is 5.32 Å². The summed E-state index contributed by atoms with van der Waals surface area (Å²) >= 11 is 0. The summed E-state index contributed by atoms with van der Waals surface area (Å²) in [4.78, 5) is 19.8. The van der Waals surface area contributed by atoms with Crippen LogP contribution in [0.3, 0.4) is 0 Å². The summed E-state index contributed by atoms with van der Waals surface area (Å²) in [5.41, 5.74) is -1.41. The number of anilines is 1. The fraction of sp³-hybridized carbons (Fsp3) is 0.385. The zero-order valence-electron chi connectivity index (χ0n) is 12.1. The average Bonchev–Trinajstić information content (AvgIpc) is 2.38. The Balaban J connectivity index is 0.000000697. The predicted molar refractivity (Wildman–Crippen MR) is 69.2 cm³/mol. The fourth-order valence-electron chi connectivity index (χ4n) is 1.35. The molecule has 0 amide bonds. The molecule has 0 aliphatic heterocycles. The van der Waals surface area contributed by atoms with Gasteiger partial charge in [-0.25, -0.2) is 13.6 Å². The number of nitrogens with one attached hydrogen (secondary N) is 1. The first-order valence-corrected chi connectivity index (χ1v) is 6.30. The van der Waals surface area contributed by atoms with Crippen molar-refractivity contribution in [2.75, 3.05) is 11.9 Å². The van der Waals surface area contributed by atoms with E-state index in [-0.39, 0.29) is 6.29 Å². The Kier molecular flexibility index (Phi) is 8.30. The second-order valence-electron chi connectivity index (χ2n) is 4.39. The quantitative estimate of drug-likeness (QED) is 0.594. The molecule has 0 fully saturated rings. The van der Waals surface area contributed by atoms with Gasteiger partial charge in [0.2, 0.25) is 0 Å². The fourth-order valence-corrected chi connectivity index (χ4v) is 1.35. The Labute approximate surface area is 135 Å². The van der Waals surface area contributed by atoms with E-state index >= 15 is 0 Å². The number of carbonyl (C=O) groups is 2. The van der Waals surface area contributed by atoms with Gasteiger partial charge in [-0.15, -0.1) is 0 Å². The molecular formula is C13H11F8NO3. The van der Waals surface area contributed by atoms with E-state index < -0.39 is 60.6 Å². The molecule has 0 bridgehead atoms. The van der Waals surface area contributed by atoms with Crippen LogP contribution in [0.2, 0.25) is 0 Å². The third-order valence-electron chi connectivity index (χ3n) is 2.31. The van der Waals surface area contributed by atoms with Crippen molar-refractivity contribution in [3.05, 3.63) is 29.3 Å². The predicted octanol–water partition coefficient (Wildman–Crippen LogP) is 4.17. The van der Waals surface area contributed by atoms with Crippen LogP contribution in [0.1, 0.15) is 23.2 Å². The Morgan fingerprint density at radius 1 is 1.08 bits per heavy atom. The van der Waals surface area contributed by atoms with Crippen LogP contribution in [0, 0.1) is 11.6 Å². The van der Waals surface area contributed by atoms with Crippen LogP contribution >= 0.6 is 0 Å². The van der Waals surface area contributed by atoms with Crippen molar-refractivity contribution in [3.8, 4) is 0 Å². The second-order valence-corrected chi connectivity index (χ2v) is 4.39. The van der Waals surface area contributed by atoms with Crippen LogP contribution in [0.25, 0.3) is 0 Å². The van der Waals surface area contributed by atoms with E-state index in [0.29, 0.717) is 12.1 Å². The van der Waals surface area contributed by atoms with E-state index in [1.54, 1.807) is 0 Å². The van der Waals surface area contributed by atoms with E-state index in [4.69, 9.17) is 9.90 Å². The zero-order chi connectivity index (χ0) is 19.8. The lowest BCUT2D eigenvalue weighted by atomic mass is 10.1. The maximum absolute atomic E-state index is 13.2. The highest BCUT2D eigenvalue weighted by atomic mass is 19.4. The molecule has 0 saturated heterocycles. The Morgan fingerprint density at radius 3 is 2.00 bits per heavy atom. The molecule has 1 rings (SSSR count). The summed E-state index contributed by atoms with van der Waals surface area (Å²) in [6.45, 7) is -0.702. The van der Waals surface area contributed by atoms with Gasteiger partial charge in [-0.05, 0) is 6.07 Å². The molecule has 0 saturated carbocycles. The van der Waals surface area contributed by atoms with Crippen molar-refractivity contribution in [1.82, 2.24) is 0 Å². The van der Waals surface area contributed by atoms with Gasteiger partial charge in [-0.3, -0.25) is 0 Å². The number of hydrogen-bond acceptors (Lipinski definition) is 3. The second kappa shape index (κ2) is 9.18. The van der Waals surface area contributed by atoms with Crippen molar-refractivity contribution in [1.29, 1.82) is 0 Å². The van der Waals surface area contributed by atoms with Gasteiger partial charge < -0.3 is 15.2 Å². The first-order chi connectivity index (χ1) is 11.3. The number of rotatable bonds is 5. The molecule has 4 nitrogen and oxygen atoms in total. The molecule has 142 valence electrons. The average molecular weight is 381 g/mol. The molecule has 1 aromatic rings. The van der Waals surface area contributed by atoms with Gasteiger partial charge >= 0.3 is 18.3 Å². The lowest BCUT2D eigenvalue weighted by molar-refractivity contribution is -0.144. The summed E-state index contributed by atoms with van der Waals surface area (Å²) in [6, 6.07) is 0.920. The number of carboxylic acid groups (broad SMARTS) is 1. The minimum atomic E-state index is -4.45. The van der Waals surface area contributed by atoms with Crippen LogP contribution in [0.5, 0.6) is 0 Å². The minimum absolute atomic E-state index is 0.167. The van der Waals surface area contributed by atoms with Gasteiger partial charge in [-0.1, -0.05) is 0 Å². The number of alkyl halides is 6. The van der Waals surface area contributed by atoms with Crippen molar-refractivity contribution in [3.63, 3.8) is 0 Å². The monoisotopic (exact) mass is 381 g/mol. The standard InChI is InChI=1S/C10H8F5NO2.C3H3F3O/c11-5-3-6(9(17)18)8(7(12)4-5)16-2-1-10(13,14)15;4-3(5,6)1-2-7/h3-4,16H,1-2H2,(H,17,18);2H,1H2. The van der Waals surface area contributed by atoms with E-state index in [9.17, 15) is 39.9 Å². The summed E-state index contributed by atoms with van der Waals surface area (Å²) in [7, 11) is 0. The zero-order valence-corrected chi connectivity index (χ0v) is 12.1. The highest BCUT2D eigenvalue weighted by Gasteiger charge is 2.27. The Hall–Kier alpha value is -2.40. The van der Waals surface area contributed by atoms with Crippen molar-refractivity contribution >= 4 is 17.9 Å². The van der Waals surface area contributed by atoms with Crippen LogP contribution in [-0.4, -0.2) is 36.3 Å². The molecule has 0 aromatic heterocycles. The third kappa shape index (κ3) is 10.1. The van der Waals surface area contributed by atoms with Crippen molar-refractivity contribution in [2.24, 2.45) is 0 Å². The lowest BCUT2D eigenvalue weighted by Crippen LogP contribution is -2.17. The van der Waals surface area contributed by atoms with Crippen molar-refractivity contribution < 1.29 is 49.8 Å². The number of carboxylic acids is 1.